The summed E-state index contributed by atoms with van der Waals surface area (Å²) in [6.45, 7) is 0. The summed E-state index contributed by atoms with van der Waals surface area (Å²) in [6, 6.07) is 3.77. The first-order valence-electron chi connectivity index (χ1n) is 5.03. The van der Waals surface area contributed by atoms with Gasteiger partial charge in [-0.25, -0.2) is 13.8 Å². The average Bonchev–Trinajstić information content (AvgIpc) is 2.72. The van der Waals surface area contributed by atoms with Crippen LogP contribution in [0.2, 0.25) is 0 Å². The maximum Gasteiger partial charge on any atom is 0.166 e. The maximum absolute atomic E-state index is 13.9. The molecule has 0 aliphatic heterocycles. The highest BCUT2D eigenvalue weighted by Crippen LogP contribution is 2.30. The Labute approximate surface area is 102 Å². The summed E-state index contributed by atoms with van der Waals surface area (Å²) >= 11 is 0. The van der Waals surface area contributed by atoms with Crippen LogP contribution in [0, 0.1) is 23.0 Å². The molecule has 0 saturated heterocycles. The first kappa shape index (κ1) is 12.0. The fraction of sp³-hybridized carbons (Fsp3) is 0.167. The summed E-state index contributed by atoms with van der Waals surface area (Å²) in [5.41, 5.74) is 0.252. The number of ether oxygens (including phenoxy) is 1. The molecule has 18 heavy (non-hydrogen) atoms. The van der Waals surface area contributed by atoms with Crippen LogP contribution in [-0.4, -0.2) is 16.7 Å². The zero-order chi connectivity index (χ0) is 13.3. The number of aromatic nitrogens is 2. The van der Waals surface area contributed by atoms with E-state index in [-0.39, 0.29) is 22.7 Å². The highest BCUT2D eigenvalue weighted by Gasteiger charge is 2.18. The standard InChI is InChI=1S/C12H9F2N3O/c1-17-6-16-10(5-15)12(17)7-3-9(14)11(18-2)4-8(7)13/h3-4,6H,1-2H3. The molecular formula is C12H9F2N3O. The maximum atomic E-state index is 13.9. The number of halogens is 2. The minimum absolute atomic E-state index is 0.0233. The quantitative estimate of drug-likeness (QED) is 0.820. The SMILES string of the molecule is COc1cc(F)c(-c2c(C#N)ncn2C)cc1F. The molecule has 0 fully saturated rings. The molecule has 0 amide bonds. The van der Waals surface area contributed by atoms with Crippen molar-refractivity contribution in [2.45, 2.75) is 0 Å². The summed E-state index contributed by atoms with van der Waals surface area (Å²) in [4.78, 5) is 3.81. The highest BCUT2D eigenvalue weighted by atomic mass is 19.1. The van der Waals surface area contributed by atoms with Crippen LogP contribution < -0.4 is 4.74 Å². The molecule has 6 heteroatoms. The Balaban J connectivity index is 2.69. The third-order valence-electron chi connectivity index (χ3n) is 2.54. The molecule has 2 aromatic rings. The summed E-state index contributed by atoms with van der Waals surface area (Å²) in [5.74, 6) is -1.55. The van der Waals surface area contributed by atoms with E-state index >= 15 is 0 Å². The summed E-state index contributed by atoms with van der Waals surface area (Å²) in [7, 11) is 2.85. The normalized spacial score (nSPS) is 10.2. The monoisotopic (exact) mass is 249 g/mol. The number of benzene rings is 1. The van der Waals surface area contributed by atoms with Gasteiger partial charge < -0.3 is 9.30 Å². The molecule has 0 unspecified atom stereocenters. The van der Waals surface area contributed by atoms with Crippen LogP contribution in [0.25, 0.3) is 11.3 Å². The van der Waals surface area contributed by atoms with Gasteiger partial charge in [-0.15, -0.1) is 0 Å². The van der Waals surface area contributed by atoms with Crippen LogP contribution in [0.3, 0.4) is 0 Å². The van der Waals surface area contributed by atoms with Crippen LogP contribution in [0.15, 0.2) is 18.5 Å². The third kappa shape index (κ3) is 1.80. The van der Waals surface area contributed by atoms with E-state index in [1.165, 1.54) is 18.0 Å². The number of hydrogen-bond acceptors (Lipinski definition) is 3. The van der Waals surface area contributed by atoms with E-state index < -0.39 is 11.6 Å². The van der Waals surface area contributed by atoms with E-state index in [0.717, 1.165) is 12.1 Å². The lowest BCUT2D eigenvalue weighted by Gasteiger charge is -2.08. The lowest BCUT2D eigenvalue weighted by Crippen LogP contribution is -1.97. The Morgan fingerprint density at radius 2 is 2.06 bits per heavy atom. The summed E-state index contributed by atoms with van der Waals surface area (Å²) in [6.07, 6.45) is 1.37. The van der Waals surface area contributed by atoms with Crippen molar-refractivity contribution in [2.75, 3.05) is 7.11 Å². The average molecular weight is 249 g/mol. The molecule has 0 saturated carbocycles. The van der Waals surface area contributed by atoms with Crippen molar-refractivity contribution in [3.8, 4) is 23.1 Å². The molecule has 0 radical (unpaired) electrons. The number of methoxy groups -OCH3 is 1. The molecule has 0 atom stereocenters. The van der Waals surface area contributed by atoms with E-state index in [4.69, 9.17) is 5.26 Å². The fourth-order valence-corrected chi connectivity index (χ4v) is 1.70. The van der Waals surface area contributed by atoms with Gasteiger partial charge in [0.25, 0.3) is 0 Å². The van der Waals surface area contributed by atoms with Gasteiger partial charge in [0.05, 0.1) is 19.1 Å². The van der Waals surface area contributed by atoms with E-state index in [2.05, 4.69) is 9.72 Å². The Kier molecular flexibility index (Phi) is 2.98. The van der Waals surface area contributed by atoms with E-state index in [9.17, 15) is 8.78 Å². The zero-order valence-corrected chi connectivity index (χ0v) is 9.74. The molecule has 92 valence electrons. The van der Waals surface area contributed by atoms with Crippen molar-refractivity contribution in [3.05, 3.63) is 35.8 Å². The predicted octanol–water partition coefficient (Wildman–Crippen LogP) is 2.25. The number of aryl methyl sites for hydroxylation is 1. The second-order valence-corrected chi connectivity index (χ2v) is 3.63. The minimum Gasteiger partial charge on any atom is -0.494 e. The fourth-order valence-electron chi connectivity index (χ4n) is 1.70. The van der Waals surface area contributed by atoms with E-state index in [1.807, 2.05) is 6.07 Å². The van der Waals surface area contributed by atoms with Crippen molar-refractivity contribution in [2.24, 2.45) is 7.05 Å². The van der Waals surface area contributed by atoms with Crippen LogP contribution in [-0.2, 0) is 7.05 Å². The van der Waals surface area contributed by atoms with Gasteiger partial charge >= 0.3 is 0 Å². The molecule has 0 N–H and O–H groups in total. The van der Waals surface area contributed by atoms with Crippen LogP contribution in [0.4, 0.5) is 8.78 Å². The van der Waals surface area contributed by atoms with Crippen molar-refractivity contribution in [1.29, 1.82) is 5.26 Å². The van der Waals surface area contributed by atoms with Crippen LogP contribution in [0.5, 0.6) is 5.75 Å². The smallest absolute Gasteiger partial charge is 0.166 e. The third-order valence-corrected chi connectivity index (χ3v) is 2.54. The van der Waals surface area contributed by atoms with Crippen molar-refractivity contribution in [3.63, 3.8) is 0 Å². The van der Waals surface area contributed by atoms with Crippen molar-refractivity contribution >= 4 is 0 Å². The van der Waals surface area contributed by atoms with Crippen molar-refractivity contribution < 1.29 is 13.5 Å². The second-order valence-electron chi connectivity index (χ2n) is 3.63. The Hall–Kier alpha value is -2.42. The first-order valence-corrected chi connectivity index (χ1v) is 5.03. The van der Waals surface area contributed by atoms with Gasteiger partial charge in [0.15, 0.2) is 17.3 Å². The van der Waals surface area contributed by atoms with Gasteiger partial charge in [-0.2, -0.15) is 5.26 Å². The molecular weight excluding hydrogens is 240 g/mol. The molecule has 1 heterocycles. The Bertz CT molecular complexity index is 644. The van der Waals surface area contributed by atoms with Gasteiger partial charge in [0, 0.05) is 18.7 Å². The number of rotatable bonds is 2. The number of nitrogens with zero attached hydrogens (tertiary/aromatic N) is 3. The van der Waals surface area contributed by atoms with E-state index in [1.54, 1.807) is 7.05 Å². The topological polar surface area (TPSA) is 50.8 Å². The largest absolute Gasteiger partial charge is 0.494 e. The minimum atomic E-state index is -0.695. The van der Waals surface area contributed by atoms with Gasteiger partial charge in [0.2, 0.25) is 0 Å². The molecule has 1 aromatic carbocycles. The Morgan fingerprint density at radius 1 is 1.33 bits per heavy atom. The van der Waals surface area contributed by atoms with E-state index in [0.29, 0.717) is 0 Å². The number of hydrogen-bond donors (Lipinski definition) is 0. The molecule has 0 spiro atoms. The van der Waals surface area contributed by atoms with Gasteiger partial charge in [0.1, 0.15) is 11.9 Å². The lowest BCUT2D eigenvalue weighted by molar-refractivity contribution is 0.383. The molecule has 1 aromatic heterocycles. The molecule has 0 aliphatic rings. The Morgan fingerprint density at radius 3 is 2.67 bits per heavy atom. The molecule has 0 aliphatic carbocycles. The second kappa shape index (κ2) is 4.45. The predicted molar refractivity (Wildman–Crippen MR) is 59.8 cm³/mol. The van der Waals surface area contributed by atoms with Crippen LogP contribution >= 0.6 is 0 Å². The van der Waals surface area contributed by atoms with Crippen molar-refractivity contribution in [1.82, 2.24) is 9.55 Å². The molecule has 2 rings (SSSR count). The summed E-state index contributed by atoms with van der Waals surface area (Å²) in [5, 5.41) is 8.89. The first-order chi connectivity index (χ1) is 8.58. The molecule has 0 bridgehead atoms. The molecule has 4 nitrogen and oxygen atoms in total. The number of nitriles is 1. The van der Waals surface area contributed by atoms with Gasteiger partial charge in [-0.05, 0) is 6.07 Å². The zero-order valence-electron chi connectivity index (χ0n) is 9.74. The van der Waals surface area contributed by atoms with Gasteiger partial charge in [-0.1, -0.05) is 0 Å². The number of imidazole rings is 1. The lowest BCUT2D eigenvalue weighted by atomic mass is 10.1. The van der Waals surface area contributed by atoms with Crippen LogP contribution in [0.1, 0.15) is 5.69 Å². The highest BCUT2D eigenvalue weighted by molar-refractivity contribution is 5.67. The van der Waals surface area contributed by atoms with Gasteiger partial charge in [-0.3, -0.25) is 0 Å². The summed E-state index contributed by atoms with van der Waals surface area (Å²) < 4.78 is 33.6.